The third-order valence-corrected chi connectivity index (χ3v) is 4.77. The van der Waals surface area contributed by atoms with Gasteiger partial charge in [-0.05, 0) is 31.4 Å². The Bertz CT molecular complexity index is 1020. The Hall–Kier alpha value is -3.67. The fourth-order valence-electron chi connectivity index (χ4n) is 3.40. The number of amides is 1. The molecule has 0 radical (unpaired) electrons. The summed E-state index contributed by atoms with van der Waals surface area (Å²) in [4.78, 5) is 13.9. The molecule has 0 aliphatic carbocycles. The average Bonchev–Trinajstić information content (AvgIpc) is 3.29. The van der Waals surface area contributed by atoms with Crippen LogP contribution in [0.15, 0.2) is 30.2 Å². The third kappa shape index (κ3) is 4.49. The Balaban J connectivity index is 1.96. The summed E-state index contributed by atoms with van der Waals surface area (Å²) in [6.45, 7) is 2.56. The van der Waals surface area contributed by atoms with E-state index in [0.29, 0.717) is 36.6 Å². The normalized spacial score (nSPS) is 16.2. The molecule has 1 fully saturated rings. The van der Waals surface area contributed by atoms with Crippen LogP contribution in [0, 0.1) is 11.8 Å². The van der Waals surface area contributed by atoms with Crippen molar-refractivity contribution in [2.24, 2.45) is 5.73 Å². The lowest BCUT2D eigenvalue weighted by molar-refractivity contribution is 0.100. The number of hydrogen-bond acceptors (Lipinski definition) is 6. The van der Waals surface area contributed by atoms with Crippen LogP contribution in [0.1, 0.15) is 41.0 Å². The van der Waals surface area contributed by atoms with E-state index in [0.717, 1.165) is 0 Å². The second-order valence-corrected chi connectivity index (χ2v) is 6.92. The van der Waals surface area contributed by atoms with Crippen molar-refractivity contribution in [3.63, 3.8) is 0 Å². The summed E-state index contributed by atoms with van der Waals surface area (Å²) in [7, 11) is 3.09. The summed E-state index contributed by atoms with van der Waals surface area (Å²) in [6, 6.07) is 5.08. The van der Waals surface area contributed by atoms with Gasteiger partial charge in [0.2, 0.25) is 0 Å². The molecule has 1 saturated heterocycles. The molecule has 1 aliphatic rings. The highest BCUT2D eigenvalue weighted by atomic mass is 19.1. The molecule has 1 aromatic heterocycles. The third-order valence-electron chi connectivity index (χ3n) is 4.77. The van der Waals surface area contributed by atoms with E-state index < -0.39 is 5.91 Å². The number of nitrogens with two attached hydrogens (primary N) is 2. The van der Waals surface area contributed by atoms with Gasteiger partial charge in [-0.25, -0.2) is 9.07 Å². The first-order chi connectivity index (χ1) is 14.3. The Kier molecular flexibility index (Phi) is 6.16. The topological polar surface area (TPSA) is 109 Å². The maximum absolute atomic E-state index is 13.2. The zero-order valence-corrected chi connectivity index (χ0v) is 17.1. The molecular formula is C21H24FN5O3. The van der Waals surface area contributed by atoms with Crippen molar-refractivity contribution < 1.29 is 18.7 Å². The van der Waals surface area contributed by atoms with E-state index in [1.54, 1.807) is 37.1 Å². The zero-order valence-electron chi connectivity index (χ0n) is 17.1. The Morgan fingerprint density at radius 3 is 2.50 bits per heavy atom. The molecule has 1 aromatic carbocycles. The van der Waals surface area contributed by atoms with Gasteiger partial charge in [-0.15, -0.1) is 0 Å². The van der Waals surface area contributed by atoms with Crippen molar-refractivity contribution in [1.82, 2.24) is 14.7 Å². The number of primary amides is 1. The number of halogens is 1. The molecule has 0 bridgehead atoms. The number of likely N-dealkylation sites (tertiary alicyclic amines) is 1. The average molecular weight is 413 g/mol. The van der Waals surface area contributed by atoms with Gasteiger partial charge in [0.25, 0.3) is 5.91 Å². The van der Waals surface area contributed by atoms with E-state index in [-0.39, 0.29) is 28.9 Å². The van der Waals surface area contributed by atoms with Gasteiger partial charge in [0.15, 0.2) is 5.69 Å². The maximum Gasteiger partial charge on any atom is 0.255 e. The van der Waals surface area contributed by atoms with E-state index in [1.807, 2.05) is 4.90 Å². The van der Waals surface area contributed by atoms with E-state index in [9.17, 15) is 9.18 Å². The molecule has 2 heterocycles. The SMILES string of the molecule is COc1cc(C#Cc2nn([C@H]3CCN(C=C(C)F)C3)c(N)c2C(N)=O)cc(OC)c1. The van der Waals surface area contributed by atoms with E-state index in [2.05, 4.69) is 16.9 Å². The number of aromatic nitrogens is 2. The standard InChI is InChI=1S/C21H24FN5O3/c1-13(22)11-26-7-6-15(12-26)27-20(23)19(21(24)28)18(25-27)5-4-14-8-16(29-2)10-17(9-14)30-3/h8-11,15H,6-7,12,23H2,1-3H3,(H2,24,28)/t15-/m0/s1. The molecule has 0 spiro atoms. The predicted octanol–water partition coefficient (Wildman–Crippen LogP) is 2.06. The van der Waals surface area contributed by atoms with Gasteiger partial charge in [0, 0.05) is 30.9 Å². The maximum atomic E-state index is 13.2. The first-order valence-corrected chi connectivity index (χ1v) is 9.33. The lowest BCUT2D eigenvalue weighted by Gasteiger charge is -2.14. The number of anilines is 1. The van der Waals surface area contributed by atoms with Crippen LogP contribution in [0.4, 0.5) is 10.2 Å². The molecule has 30 heavy (non-hydrogen) atoms. The lowest BCUT2D eigenvalue weighted by Crippen LogP contribution is -2.19. The van der Waals surface area contributed by atoms with Crippen LogP contribution in [-0.4, -0.2) is 47.9 Å². The van der Waals surface area contributed by atoms with Gasteiger partial charge in [-0.1, -0.05) is 5.92 Å². The molecule has 9 heteroatoms. The van der Waals surface area contributed by atoms with Crippen molar-refractivity contribution in [3.8, 4) is 23.3 Å². The fourth-order valence-corrected chi connectivity index (χ4v) is 3.40. The number of allylic oxidation sites excluding steroid dienone is 1. The molecule has 1 atom stereocenters. The number of rotatable bonds is 5. The zero-order chi connectivity index (χ0) is 21.8. The van der Waals surface area contributed by atoms with Gasteiger partial charge in [0.1, 0.15) is 28.7 Å². The quantitative estimate of drug-likeness (QED) is 0.727. The van der Waals surface area contributed by atoms with Crippen LogP contribution in [0.2, 0.25) is 0 Å². The Morgan fingerprint density at radius 2 is 1.93 bits per heavy atom. The number of ether oxygens (including phenoxy) is 2. The fraction of sp³-hybridized carbons (Fsp3) is 0.333. The molecule has 0 unspecified atom stereocenters. The van der Waals surface area contributed by atoms with Crippen molar-refractivity contribution in [2.45, 2.75) is 19.4 Å². The molecule has 8 nitrogen and oxygen atoms in total. The highest BCUT2D eigenvalue weighted by molar-refractivity contribution is 5.99. The summed E-state index contributed by atoms with van der Waals surface area (Å²) in [5, 5.41) is 4.44. The molecule has 3 rings (SSSR count). The van der Waals surface area contributed by atoms with Crippen LogP contribution in [0.25, 0.3) is 0 Å². The van der Waals surface area contributed by atoms with Crippen molar-refractivity contribution in [1.29, 1.82) is 0 Å². The second kappa shape index (κ2) is 8.78. The largest absolute Gasteiger partial charge is 0.497 e. The highest BCUT2D eigenvalue weighted by Gasteiger charge is 2.28. The minimum atomic E-state index is -0.708. The summed E-state index contributed by atoms with van der Waals surface area (Å²) in [5.74, 6) is 6.18. The number of carbonyl (C=O) groups is 1. The van der Waals surface area contributed by atoms with Crippen molar-refractivity contribution in [3.05, 3.63) is 47.0 Å². The van der Waals surface area contributed by atoms with E-state index >= 15 is 0 Å². The van der Waals surface area contributed by atoms with Gasteiger partial charge < -0.3 is 25.8 Å². The molecule has 4 N–H and O–H groups in total. The molecule has 1 amide bonds. The lowest BCUT2D eigenvalue weighted by atomic mass is 10.1. The smallest absolute Gasteiger partial charge is 0.255 e. The molecule has 2 aromatic rings. The van der Waals surface area contributed by atoms with Gasteiger partial charge in [0.05, 0.1) is 20.3 Å². The minimum absolute atomic E-state index is 0.0769. The molecule has 1 aliphatic heterocycles. The van der Waals surface area contributed by atoms with Crippen LogP contribution < -0.4 is 20.9 Å². The van der Waals surface area contributed by atoms with Crippen molar-refractivity contribution >= 4 is 11.7 Å². The summed E-state index contributed by atoms with van der Waals surface area (Å²) < 4.78 is 25.2. The van der Waals surface area contributed by atoms with E-state index in [4.69, 9.17) is 20.9 Å². The Morgan fingerprint density at radius 1 is 1.27 bits per heavy atom. The number of methoxy groups -OCH3 is 2. The Labute approximate surface area is 174 Å². The van der Waals surface area contributed by atoms with Crippen LogP contribution in [0.5, 0.6) is 11.5 Å². The highest BCUT2D eigenvalue weighted by Crippen LogP contribution is 2.28. The summed E-state index contributed by atoms with van der Waals surface area (Å²) >= 11 is 0. The van der Waals surface area contributed by atoms with Crippen molar-refractivity contribution in [2.75, 3.05) is 33.0 Å². The first-order valence-electron chi connectivity index (χ1n) is 9.33. The molecular weight excluding hydrogens is 389 g/mol. The summed E-state index contributed by atoms with van der Waals surface area (Å²) in [5.41, 5.74) is 12.6. The minimum Gasteiger partial charge on any atom is -0.497 e. The number of nitrogens with zero attached hydrogens (tertiary/aromatic N) is 3. The van der Waals surface area contributed by atoms with Gasteiger partial charge in [-0.3, -0.25) is 4.79 Å². The van der Waals surface area contributed by atoms with Gasteiger partial charge in [-0.2, -0.15) is 5.10 Å². The van der Waals surface area contributed by atoms with Gasteiger partial charge >= 0.3 is 0 Å². The number of carbonyl (C=O) groups excluding carboxylic acids is 1. The number of benzene rings is 1. The molecule has 0 saturated carbocycles. The predicted molar refractivity (Wildman–Crippen MR) is 111 cm³/mol. The van der Waals surface area contributed by atoms with Crippen LogP contribution >= 0.6 is 0 Å². The summed E-state index contributed by atoms with van der Waals surface area (Å²) in [6.07, 6.45) is 2.15. The number of nitrogen functional groups attached to an aromatic ring is 1. The monoisotopic (exact) mass is 413 g/mol. The first kappa shape index (κ1) is 21.0. The number of hydrogen-bond donors (Lipinski definition) is 2. The van der Waals surface area contributed by atoms with E-state index in [1.165, 1.54) is 13.1 Å². The second-order valence-electron chi connectivity index (χ2n) is 6.92. The van der Waals surface area contributed by atoms with Crippen LogP contribution in [-0.2, 0) is 0 Å². The molecule has 158 valence electrons. The van der Waals surface area contributed by atoms with Crippen LogP contribution in [0.3, 0.4) is 0 Å².